The van der Waals surface area contributed by atoms with Gasteiger partial charge < -0.3 is 4.42 Å². The van der Waals surface area contributed by atoms with Crippen LogP contribution in [0.2, 0.25) is 0 Å². The maximum atomic E-state index is 5.53. The van der Waals surface area contributed by atoms with E-state index in [0.717, 1.165) is 0 Å². The second-order valence-corrected chi connectivity index (χ2v) is 9.29. The first-order valence-corrected chi connectivity index (χ1v) is 13.4. The summed E-state index contributed by atoms with van der Waals surface area (Å²) in [5.74, 6) is 0. The molecule has 1 heteroatoms. The van der Waals surface area contributed by atoms with Crippen molar-refractivity contribution >= 4 is 0 Å². The highest BCUT2D eigenvalue weighted by Crippen LogP contribution is 2.19. The minimum atomic E-state index is 1.22. The van der Waals surface area contributed by atoms with E-state index in [1.165, 1.54) is 152 Å². The molecule has 0 N–H and O–H groups in total. The van der Waals surface area contributed by atoms with Crippen LogP contribution in [0.1, 0.15) is 153 Å². The predicted molar refractivity (Wildman–Crippen MR) is 130 cm³/mol. The topological polar surface area (TPSA) is 13.1 Å². The van der Waals surface area contributed by atoms with Crippen LogP contribution in [0.4, 0.5) is 0 Å². The molecule has 1 heterocycles. The highest BCUT2D eigenvalue weighted by molar-refractivity contribution is 5.21. The second kappa shape index (κ2) is 20.5. The third kappa shape index (κ3) is 15.7. The Morgan fingerprint density at radius 2 is 0.690 bits per heavy atom. The van der Waals surface area contributed by atoms with Crippen LogP contribution in [0.5, 0.6) is 0 Å². The molecule has 0 fully saturated rings. The van der Waals surface area contributed by atoms with E-state index in [2.05, 4.69) is 13.8 Å². The summed E-state index contributed by atoms with van der Waals surface area (Å²) in [6, 6.07) is 0. The van der Waals surface area contributed by atoms with Crippen molar-refractivity contribution < 1.29 is 4.42 Å². The van der Waals surface area contributed by atoms with Crippen molar-refractivity contribution in [2.24, 2.45) is 0 Å². The zero-order valence-electron chi connectivity index (χ0n) is 20.1. The van der Waals surface area contributed by atoms with Crippen molar-refractivity contribution in [1.29, 1.82) is 0 Å². The van der Waals surface area contributed by atoms with Crippen LogP contribution < -0.4 is 0 Å². The molecule has 0 saturated heterocycles. The summed E-state index contributed by atoms with van der Waals surface area (Å²) < 4.78 is 5.53. The SMILES string of the molecule is CCCCCCCCCCCCc1cocc1CCCCCCCCCCCC. The summed E-state index contributed by atoms with van der Waals surface area (Å²) in [6.45, 7) is 4.59. The summed E-state index contributed by atoms with van der Waals surface area (Å²) >= 11 is 0. The number of hydrogen-bond donors (Lipinski definition) is 0. The van der Waals surface area contributed by atoms with Crippen molar-refractivity contribution in [2.75, 3.05) is 0 Å². The lowest BCUT2D eigenvalue weighted by Crippen LogP contribution is -1.92. The largest absolute Gasteiger partial charge is 0.472 e. The van der Waals surface area contributed by atoms with Crippen molar-refractivity contribution in [3.63, 3.8) is 0 Å². The van der Waals surface area contributed by atoms with Crippen LogP contribution in [-0.2, 0) is 12.8 Å². The minimum Gasteiger partial charge on any atom is -0.472 e. The van der Waals surface area contributed by atoms with Gasteiger partial charge in [0.1, 0.15) is 0 Å². The first-order valence-electron chi connectivity index (χ1n) is 13.4. The third-order valence-corrected chi connectivity index (χ3v) is 6.43. The minimum absolute atomic E-state index is 1.22. The smallest absolute Gasteiger partial charge is 0.0937 e. The first-order chi connectivity index (χ1) is 14.4. The Morgan fingerprint density at radius 1 is 0.414 bits per heavy atom. The van der Waals surface area contributed by atoms with Crippen molar-refractivity contribution in [2.45, 2.75) is 155 Å². The zero-order valence-corrected chi connectivity index (χ0v) is 20.1. The number of aryl methyl sites for hydroxylation is 2. The molecule has 0 aromatic carbocycles. The second-order valence-electron chi connectivity index (χ2n) is 9.29. The maximum absolute atomic E-state index is 5.53. The number of furan rings is 1. The summed E-state index contributed by atoms with van der Waals surface area (Å²) in [7, 11) is 0. The summed E-state index contributed by atoms with van der Waals surface area (Å²) in [5.41, 5.74) is 2.97. The van der Waals surface area contributed by atoms with Gasteiger partial charge in [-0.15, -0.1) is 0 Å². The zero-order chi connectivity index (χ0) is 20.8. The van der Waals surface area contributed by atoms with E-state index >= 15 is 0 Å². The Balaban J connectivity index is 1.93. The molecule has 0 atom stereocenters. The van der Waals surface area contributed by atoms with Crippen LogP contribution in [0, 0.1) is 0 Å². The van der Waals surface area contributed by atoms with Crippen molar-refractivity contribution in [3.8, 4) is 0 Å². The van der Waals surface area contributed by atoms with E-state index in [-0.39, 0.29) is 0 Å². The molecule has 0 amide bonds. The van der Waals surface area contributed by atoms with Gasteiger partial charge in [0.25, 0.3) is 0 Å². The molecule has 170 valence electrons. The first kappa shape index (κ1) is 26.3. The quantitative estimate of drug-likeness (QED) is 0.175. The van der Waals surface area contributed by atoms with Crippen LogP contribution in [0.15, 0.2) is 16.9 Å². The molecule has 0 unspecified atom stereocenters. The van der Waals surface area contributed by atoms with Crippen molar-refractivity contribution in [1.82, 2.24) is 0 Å². The Bertz CT molecular complexity index is 395. The van der Waals surface area contributed by atoms with Gasteiger partial charge in [-0.05, 0) is 36.8 Å². The van der Waals surface area contributed by atoms with E-state index in [0.29, 0.717) is 0 Å². The summed E-state index contributed by atoms with van der Waals surface area (Å²) in [4.78, 5) is 0. The fraction of sp³-hybridized carbons (Fsp3) is 0.857. The lowest BCUT2D eigenvalue weighted by Gasteiger charge is -2.05. The van der Waals surface area contributed by atoms with Crippen LogP contribution in [0.25, 0.3) is 0 Å². The molecular weight excluding hydrogens is 352 g/mol. The van der Waals surface area contributed by atoms with Gasteiger partial charge in [0, 0.05) is 0 Å². The number of unbranched alkanes of at least 4 members (excludes halogenated alkanes) is 18. The average Bonchev–Trinajstić information content (AvgIpc) is 3.18. The normalized spacial score (nSPS) is 11.4. The number of rotatable bonds is 22. The van der Waals surface area contributed by atoms with Gasteiger partial charge in [0.05, 0.1) is 12.5 Å². The molecule has 29 heavy (non-hydrogen) atoms. The van der Waals surface area contributed by atoms with Gasteiger partial charge in [-0.25, -0.2) is 0 Å². The molecule has 0 aliphatic rings. The van der Waals surface area contributed by atoms with Gasteiger partial charge in [-0.3, -0.25) is 0 Å². The molecular formula is C28H52O. The highest BCUT2D eigenvalue weighted by Gasteiger charge is 2.05. The molecule has 1 aromatic rings. The molecule has 0 radical (unpaired) electrons. The predicted octanol–water partition coefficient (Wildman–Crippen LogP) is 10.2. The van der Waals surface area contributed by atoms with E-state index in [9.17, 15) is 0 Å². The maximum Gasteiger partial charge on any atom is 0.0937 e. The summed E-state index contributed by atoms with van der Waals surface area (Å²) in [6.07, 6.45) is 34.7. The fourth-order valence-electron chi connectivity index (χ4n) is 4.39. The average molecular weight is 405 g/mol. The molecule has 0 spiro atoms. The lowest BCUT2D eigenvalue weighted by molar-refractivity contribution is 0.548. The van der Waals surface area contributed by atoms with E-state index in [4.69, 9.17) is 4.42 Å². The number of hydrogen-bond acceptors (Lipinski definition) is 1. The lowest BCUT2D eigenvalue weighted by atomic mass is 10.00. The van der Waals surface area contributed by atoms with Crippen LogP contribution in [0.3, 0.4) is 0 Å². The molecule has 0 aliphatic carbocycles. The van der Waals surface area contributed by atoms with Crippen LogP contribution >= 0.6 is 0 Å². The van der Waals surface area contributed by atoms with Crippen LogP contribution in [-0.4, -0.2) is 0 Å². The van der Waals surface area contributed by atoms with Gasteiger partial charge in [0.15, 0.2) is 0 Å². The molecule has 0 saturated carbocycles. The monoisotopic (exact) mass is 404 g/mol. The van der Waals surface area contributed by atoms with E-state index in [1.54, 1.807) is 0 Å². The Morgan fingerprint density at radius 3 is 1.00 bits per heavy atom. The third-order valence-electron chi connectivity index (χ3n) is 6.43. The van der Waals surface area contributed by atoms with Gasteiger partial charge in [0.2, 0.25) is 0 Å². The highest BCUT2D eigenvalue weighted by atomic mass is 16.3. The van der Waals surface area contributed by atoms with E-state index < -0.39 is 0 Å². The fourth-order valence-corrected chi connectivity index (χ4v) is 4.39. The van der Waals surface area contributed by atoms with E-state index in [1.807, 2.05) is 12.5 Å². The summed E-state index contributed by atoms with van der Waals surface area (Å²) in [5, 5.41) is 0. The van der Waals surface area contributed by atoms with Gasteiger partial charge in [-0.2, -0.15) is 0 Å². The molecule has 0 bridgehead atoms. The molecule has 1 nitrogen and oxygen atoms in total. The van der Waals surface area contributed by atoms with Crippen molar-refractivity contribution in [3.05, 3.63) is 23.7 Å². The standard InChI is InChI=1S/C28H52O/c1-3-5-7-9-11-13-15-17-19-21-23-27-25-29-26-28(27)24-22-20-18-16-14-12-10-8-6-4-2/h25-26H,3-24H2,1-2H3. The van der Waals surface area contributed by atoms with Gasteiger partial charge >= 0.3 is 0 Å². The molecule has 1 aromatic heterocycles. The Kier molecular flexibility index (Phi) is 18.6. The Labute approximate surface area is 183 Å². The van der Waals surface area contributed by atoms with Gasteiger partial charge in [-0.1, -0.05) is 129 Å². The Hall–Kier alpha value is -0.720. The molecule has 1 rings (SSSR count). The molecule has 0 aliphatic heterocycles.